The number of likely N-dealkylation sites (N-methyl/N-ethyl adjacent to an activating group) is 1. The second-order valence-corrected chi connectivity index (χ2v) is 7.10. The number of rotatable bonds is 4. The first-order chi connectivity index (χ1) is 8.83. The van der Waals surface area contributed by atoms with Crippen molar-refractivity contribution in [2.24, 2.45) is 5.73 Å². The first-order valence-corrected chi connectivity index (χ1v) is 7.73. The van der Waals surface area contributed by atoms with Crippen LogP contribution in [0.4, 0.5) is 4.39 Å². The van der Waals surface area contributed by atoms with Gasteiger partial charge in [0.15, 0.2) is 0 Å². The van der Waals surface area contributed by atoms with Crippen LogP contribution in [0.1, 0.15) is 24.8 Å². The Morgan fingerprint density at radius 3 is 2.47 bits per heavy atom. The number of benzene rings is 1. The summed E-state index contributed by atoms with van der Waals surface area (Å²) in [4.78, 5) is 0.149. The van der Waals surface area contributed by atoms with Gasteiger partial charge in [0.05, 0.1) is 4.90 Å². The predicted octanol–water partition coefficient (Wildman–Crippen LogP) is 1.64. The maximum Gasteiger partial charge on any atom is 0.243 e. The van der Waals surface area contributed by atoms with E-state index in [1.165, 1.54) is 22.5 Å². The van der Waals surface area contributed by atoms with E-state index in [1.807, 2.05) is 0 Å². The van der Waals surface area contributed by atoms with Gasteiger partial charge < -0.3 is 5.73 Å². The molecule has 0 atom stereocenters. The van der Waals surface area contributed by atoms with Crippen molar-refractivity contribution in [3.63, 3.8) is 0 Å². The van der Waals surface area contributed by atoms with E-state index in [0.29, 0.717) is 12.1 Å². The Morgan fingerprint density at radius 1 is 1.42 bits per heavy atom. The van der Waals surface area contributed by atoms with E-state index in [-0.39, 0.29) is 4.90 Å². The van der Waals surface area contributed by atoms with Gasteiger partial charge in [-0.1, -0.05) is 0 Å². The number of aryl methyl sites for hydroxylation is 1. The van der Waals surface area contributed by atoms with Crippen molar-refractivity contribution in [3.8, 4) is 0 Å². The van der Waals surface area contributed by atoms with Gasteiger partial charge >= 0.3 is 0 Å². The first-order valence-electron chi connectivity index (χ1n) is 6.29. The molecule has 19 heavy (non-hydrogen) atoms. The van der Waals surface area contributed by atoms with E-state index in [4.69, 9.17) is 5.73 Å². The van der Waals surface area contributed by atoms with Crippen LogP contribution in [-0.4, -0.2) is 31.9 Å². The minimum absolute atomic E-state index is 0.149. The standard InChI is InChI=1S/C13H19FN2O2S/c1-10-8-11(14)4-5-12(10)19(17,18)16(2)13(9-15)6-3-7-13/h4-5,8H,3,6-7,9,15H2,1-2H3. The Bertz CT molecular complexity index is 577. The molecule has 1 saturated carbocycles. The van der Waals surface area contributed by atoms with Crippen LogP contribution in [0.2, 0.25) is 0 Å². The highest BCUT2D eigenvalue weighted by Gasteiger charge is 2.45. The summed E-state index contributed by atoms with van der Waals surface area (Å²) in [7, 11) is -2.07. The third-order valence-electron chi connectivity index (χ3n) is 4.11. The minimum Gasteiger partial charge on any atom is -0.329 e. The fourth-order valence-corrected chi connectivity index (χ4v) is 4.31. The van der Waals surface area contributed by atoms with Gasteiger partial charge in [-0.25, -0.2) is 12.8 Å². The van der Waals surface area contributed by atoms with Crippen LogP contribution < -0.4 is 5.73 Å². The molecule has 1 aromatic rings. The molecule has 1 fully saturated rings. The third-order valence-corrected chi connectivity index (χ3v) is 6.23. The number of halogens is 1. The summed E-state index contributed by atoms with van der Waals surface area (Å²) < 4.78 is 39.7. The molecule has 106 valence electrons. The topological polar surface area (TPSA) is 63.4 Å². The molecule has 1 aromatic carbocycles. The molecule has 6 heteroatoms. The van der Waals surface area contributed by atoms with Gasteiger partial charge in [-0.2, -0.15) is 4.31 Å². The van der Waals surface area contributed by atoms with Crippen LogP contribution in [0.3, 0.4) is 0 Å². The van der Waals surface area contributed by atoms with Crippen molar-refractivity contribution < 1.29 is 12.8 Å². The molecule has 0 bridgehead atoms. The smallest absolute Gasteiger partial charge is 0.243 e. The number of hydrogen-bond donors (Lipinski definition) is 1. The molecule has 2 rings (SSSR count). The highest BCUT2D eigenvalue weighted by atomic mass is 32.2. The van der Waals surface area contributed by atoms with Gasteiger partial charge in [-0.05, 0) is 49.9 Å². The Morgan fingerprint density at radius 2 is 2.05 bits per heavy atom. The quantitative estimate of drug-likeness (QED) is 0.915. The van der Waals surface area contributed by atoms with E-state index >= 15 is 0 Å². The minimum atomic E-state index is -3.63. The zero-order valence-electron chi connectivity index (χ0n) is 11.2. The van der Waals surface area contributed by atoms with Gasteiger partial charge in [0, 0.05) is 19.1 Å². The zero-order chi connectivity index (χ0) is 14.3. The summed E-state index contributed by atoms with van der Waals surface area (Å²) in [5, 5.41) is 0. The van der Waals surface area contributed by atoms with Gasteiger partial charge in [-0.3, -0.25) is 0 Å². The predicted molar refractivity (Wildman–Crippen MR) is 71.7 cm³/mol. The van der Waals surface area contributed by atoms with Crippen molar-refractivity contribution in [3.05, 3.63) is 29.6 Å². The molecular formula is C13H19FN2O2S. The van der Waals surface area contributed by atoms with Gasteiger partial charge in [-0.15, -0.1) is 0 Å². The normalized spacial score (nSPS) is 18.4. The molecule has 1 aliphatic rings. The summed E-state index contributed by atoms with van der Waals surface area (Å²) in [6.45, 7) is 1.91. The first kappa shape index (κ1) is 14.4. The van der Waals surface area contributed by atoms with Crippen molar-refractivity contribution in [2.75, 3.05) is 13.6 Å². The van der Waals surface area contributed by atoms with E-state index < -0.39 is 21.4 Å². The summed E-state index contributed by atoms with van der Waals surface area (Å²) >= 11 is 0. The summed E-state index contributed by atoms with van der Waals surface area (Å²) in [6, 6.07) is 3.72. The molecule has 0 unspecified atom stereocenters. The van der Waals surface area contributed by atoms with Crippen molar-refractivity contribution in [2.45, 2.75) is 36.6 Å². The largest absolute Gasteiger partial charge is 0.329 e. The van der Waals surface area contributed by atoms with Crippen LogP contribution >= 0.6 is 0 Å². The van der Waals surface area contributed by atoms with Crippen molar-refractivity contribution in [1.29, 1.82) is 0 Å². The molecule has 4 nitrogen and oxygen atoms in total. The van der Waals surface area contributed by atoms with Gasteiger partial charge in [0.25, 0.3) is 0 Å². The Hall–Kier alpha value is -0.980. The molecule has 0 radical (unpaired) electrons. The van der Waals surface area contributed by atoms with Crippen LogP contribution in [-0.2, 0) is 10.0 Å². The van der Waals surface area contributed by atoms with E-state index in [1.54, 1.807) is 14.0 Å². The van der Waals surface area contributed by atoms with E-state index in [2.05, 4.69) is 0 Å². The molecule has 2 N–H and O–H groups in total. The Kier molecular flexibility index (Phi) is 3.68. The van der Waals surface area contributed by atoms with Gasteiger partial charge in [0.1, 0.15) is 5.82 Å². The maximum absolute atomic E-state index is 13.1. The average molecular weight is 286 g/mol. The Balaban J connectivity index is 2.42. The van der Waals surface area contributed by atoms with Gasteiger partial charge in [0.2, 0.25) is 10.0 Å². The number of nitrogens with zero attached hydrogens (tertiary/aromatic N) is 1. The lowest BCUT2D eigenvalue weighted by atomic mass is 9.77. The van der Waals surface area contributed by atoms with E-state index in [9.17, 15) is 12.8 Å². The fraction of sp³-hybridized carbons (Fsp3) is 0.538. The lowest BCUT2D eigenvalue weighted by molar-refractivity contribution is 0.116. The molecule has 0 saturated heterocycles. The second kappa shape index (κ2) is 4.85. The monoisotopic (exact) mass is 286 g/mol. The Labute approximate surface area is 113 Å². The SMILES string of the molecule is Cc1cc(F)ccc1S(=O)(=O)N(C)C1(CN)CCC1. The highest BCUT2D eigenvalue weighted by molar-refractivity contribution is 7.89. The molecule has 0 heterocycles. The average Bonchev–Trinajstić information content (AvgIpc) is 2.27. The zero-order valence-corrected chi connectivity index (χ0v) is 12.0. The molecular weight excluding hydrogens is 267 g/mol. The maximum atomic E-state index is 13.1. The van der Waals surface area contributed by atoms with Crippen molar-refractivity contribution >= 4 is 10.0 Å². The highest BCUT2D eigenvalue weighted by Crippen LogP contribution is 2.39. The van der Waals surface area contributed by atoms with Crippen molar-refractivity contribution in [1.82, 2.24) is 4.31 Å². The summed E-state index contributed by atoms with van der Waals surface area (Å²) in [6.07, 6.45) is 2.54. The second-order valence-electron chi connectivity index (χ2n) is 5.16. The molecule has 0 spiro atoms. The fourth-order valence-electron chi connectivity index (χ4n) is 2.54. The molecule has 0 amide bonds. The summed E-state index contributed by atoms with van der Waals surface area (Å²) in [5.41, 5.74) is 5.68. The number of nitrogens with two attached hydrogens (primary N) is 1. The van der Waals surface area contributed by atoms with Crippen LogP contribution in [0.25, 0.3) is 0 Å². The summed E-state index contributed by atoms with van der Waals surface area (Å²) in [5.74, 6) is -0.434. The molecule has 0 aromatic heterocycles. The lowest BCUT2D eigenvalue weighted by Crippen LogP contribution is -2.58. The molecule has 0 aliphatic heterocycles. The number of sulfonamides is 1. The third kappa shape index (κ3) is 2.28. The van der Waals surface area contributed by atoms with Crippen LogP contribution in [0, 0.1) is 12.7 Å². The number of hydrogen-bond acceptors (Lipinski definition) is 3. The van der Waals surface area contributed by atoms with E-state index in [0.717, 1.165) is 19.3 Å². The molecule has 1 aliphatic carbocycles. The van der Waals surface area contributed by atoms with Crippen LogP contribution in [0.5, 0.6) is 0 Å². The lowest BCUT2D eigenvalue weighted by Gasteiger charge is -2.47. The van der Waals surface area contributed by atoms with Crippen LogP contribution in [0.15, 0.2) is 23.1 Å².